The second-order valence-corrected chi connectivity index (χ2v) is 11.5. The molecule has 0 spiro atoms. The summed E-state index contributed by atoms with van der Waals surface area (Å²) in [4.78, 5) is 13.7. The van der Waals surface area contributed by atoms with Gasteiger partial charge in [0.25, 0.3) is 15.9 Å². The van der Waals surface area contributed by atoms with Gasteiger partial charge in [0.05, 0.1) is 23.2 Å². The van der Waals surface area contributed by atoms with Crippen molar-refractivity contribution in [2.75, 3.05) is 10.8 Å². The van der Waals surface area contributed by atoms with Gasteiger partial charge in [-0.2, -0.15) is 0 Å². The lowest BCUT2D eigenvalue weighted by atomic mass is 9.88. The monoisotopic (exact) mass is 504 g/mol. The summed E-state index contributed by atoms with van der Waals surface area (Å²) in [7, 11) is -3.88. The number of nitrogens with zero attached hydrogens (tertiary/aromatic N) is 1. The molecule has 1 aliphatic heterocycles. The number of carbonyl (C=O) groups is 1. The Morgan fingerprint density at radius 1 is 1.03 bits per heavy atom. The van der Waals surface area contributed by atoms with E-state index in [9.17, 15) is 13.2 Å². The molecular formula is C29H32N2O4S. The number of hydrogen-bond donors (Lipinski definition) is 1. The molecule has 3 aromatic carbocycles. The molecule has 2 aliphatic rings. The lowest BCUT2D eigenvalue weighted by Gasteiger charge is -2.35. The molecular weight excluding hydrogens is 472 g/mol. The average Bonchev–Trinajstić information content (AvgIpc) is 2.91. The standard InChI is InChI=1S/C29H32N2O4S/c1-3-25(23-15-14-21-9-7-8-10-22(21)18-23)30-29(32)28-19-31(26-16-13-20(2)17-27(26)35-28)36(33,34)24-11-5-4-6-12-24/h4-6,11-18,25,28H,3,7-10,19H2,1-2H3,(H,30,32)/t25-,28+/m0/s1. The summed E-state index contributed by atoms with van der Waals surface area (Å²) >= 11 is 0. The third-order valence-electron chi connectivity index (χ3n) is 7.11. The molecule has 2 atom stereocenters. The van der Waals surface area contributed by atoms with Crippen molar-refractivity contribution in [1.29, 1.82) is 0 Å². The smallest absolute Gasteiger partial charge is 0.264 e. The minimum absolute atomic E-state index is 0.0975. The van der Waals surface area contributed by atoms with Crippen LogP contribution in [-0.4, -0.2) is 27.0 Å². The highest BCUT2D eigenvalue weighted by Gasteiger charge is 2.38. The largest absolute Gasteiger partial charge is 0.476 e. The quantitative estimate of drug-likeness (QED) is 0.507. The number of carbonyl (C=O) groups excluding carboxylic acids is 1. The first-order valence-electron chi connectivity index (χ1n) is 12.6. The fourth-order valence-corrected chi connectivity index (χ4v) is 6.60. The van der Waals surface area contributed by atoms with Crippen LogP contribution in [0.3, 0.4) is 0 Å². The first-order chi connectivity index (χ1) is 17.4. The van der Waals surface area contributed by atoms with E-state index in [1.807, 2.05) is 19.9 Å². The van der Waals surface area contributed by atoms with Gasteiger partial charge in [-0.25, -0.2) is 8.42 Å². The predicted octanol–water partition coefficient (Wildman–Crippen LogP) is 5.10. The first-order valence-corrected chi connectivity index (χ1v) is 14.1. The molecule has 3 aromatic rings. The van der Waals surface area contributed by atoms with E-state index in [0.717, 1.165) is 30.4 Å². The third-order valence-corrected chi connectivity index (χ3v) is 8.90. The van der Waals surface area contributed by atoms with E-state index in [0.29, 0.717) is 11.4 Å². The fourth-order valence-electron chi connectivity index (χ4n) is 5.10. The lowest BCUT2D eigenvalue weighted by molar-refractivity contribution is -0.128. The van der Waals surface area contributed by atoms with Crippen molar-refractivity contribution < 1.29 is 17.9 Å². The van der Waals surface area contributed by atoms with E-state index in [1.165, 1.54) is 28.3 Å². The lowest BCUT2D eigenvalue weighted by Crippen LogP contribution is -2.51. The normalized spacial score (nSPS) is 17.9. The molecule has 7 heteroatoms. The number of aryl methyl sites for hydroxylation is 3. The van der Waals surface area contributed by atoms with Gasteiger partial charge >= 0.3 is 0 Å². The Morgan fingerprint density at radius 2 is 1.78 bits per heavy atom. The van der Waals surface area contributed by atoms with Crippen LogP contribution in [0.25, 0.3) is 0 Å². The average molecular weight is 505 g/mol. The van der Waals surface area contributed by atoms with Gasteiger partial charge in [-0.05, 0) is 85.5 Å². The Bertz CT molecular complexity index is 1370. The summed E-state index contributed by atoms with van der Waals surface area (Å²) in [5, 5.41) is 3.13. The molecule has 0 radical (unpaired) electrons. The highest BCUT2D eigenvalue weighted by molar-refractivity contribution is 7.92. The maximum atomic E-state index is 13.6. The van der Waals surface area contributed by atoms with Crippen molar-refractivity contribution >= 4 is 21.6 Å². The van der Waals surface area contributed by atoms with E-state index >= 15 is 0 Å². The van der Waals surface area contributed by atoms with Gasteiger partial charge in [-0.1, -0.05) is 49.4 Å². The van der Waals surface area contributed by atoms with E-state index in [-0.39, 0.29) is 23.4 Å². The summed E-state index contributed by atoms with van der Waals surface area (Å²) in [6.45, 7) is 3.85. The third kappa shape index (κ3) is 4.72. The molecule has 188 valence electrons. The predicted molar refractivity (Wildman–Crippen MR) is 141 cm³/mol. The van der Waals surface area contributed by atoms with Crippen molar-refractivity contribution in [3.05, 3.63) is 89.0 Å². The molecule has 0 saturated carbocycles. The summed E-state index contributed by atoms with van der Waals surface area (Å²) in [6.07, 6.45) is 4.35. The minimum Gasteiger partial charge on any atom is -0.476 e. The van der Waals surface area contributed by atoms with Crippen molar-refractivity contribution in [3.63, 3.8) is 0 Å². The van der Waals surface area contributed by atoms with Crippen molar-refractivity contribution in [2.45, 2.75) is 63.0 Å². The van der Waals surface area contributed by atoms with Crippen molar-refractivity contribution in [1.82, 2.24) is 5.32 Å². The van der Waals surface area contributed by atoms with Crippen LogP contribution < -0.4 is 14.4 Å². The Balaban J connectivity index is 1.42. The number of fused-ring (bicyclic) bond motifs is 2. The van der Waals surface area contributed by atoms with Crippen LogP contribution in [0.2, 0.25) is 0 Å². The van der Waals surface area contributed by atoms with Crippen LogP contribution in [-0.2, 0) is 27.7 Å². The zero-order chi connectivity index (χ0) is 25.3. The van der Waals surface area contributed by atoms with Gasteiger partial charge in [0.15, 0.2) is 6.10 Å². The highest BCUT2D eigenvalue weighted by atomic mass is 32.2. The minimum atomic E-state index is -3.88. The maximum absolute atomic E-state index is 13.6. The molecule has 6 nitrogen and oxygen atoms in total. The number of sulfonamides is 1. The summed E-state index contributed by atoms with van der Waals surface area (Å²) < 4.78 is 34.5. The molecule has 0 aromatic heterocycles. The SMILES string of the molecule is CC[C@H](NC(=O)[C@H]1CN(S(=O)(=O)c2ccccc2)c2ccc(C)cc2O1)c1ccc2c(c1)CCCC2. The number of benzene rings is 3. The second kappa shape index (κ2) is 9.97. The van der Waals surface area contributed by atoms with E-state index < -0.39 is 16.1 Å². The molecule has 1 N–H and O–H groups in total. The highest BCUT2D eigenvalue weighted by Crippen LogP contribution is 2.38. The Morgan fingerprint density at radius 3 is 2.53 bits per heavy atom. The number of rotatable bonds is 6. The van der Waals surface area contributed by atoms with Crippen molar-refractivity contribution in [2.24, 2.45) is 0 Å². The van der Waals surface area contributed by atoms with Crippen LogP contribution in [0.15, 0.2) is 71.6 Å². The summed E-state index contributed by atoms with van der Waals surface area (Å²) in [6, 6.07) is 20.0. The zero-order valence-corrected chi connectivity index (χ0v) is 21.6. The number of amides is 1. The van der Waals surface area contributed by atoms with Gasteiger partial charge in [0, 0.05) is 0 Å². The Labute approximate surface area is 213 Å². The van der Waals surface area contributed by atoms with Crippen molar-refractivity contribution in [3.8, 4) is 5.75 Å². The molecule has 36 heavy (non-hydrogen) atoms. The van der Waals surface area contributed by atoms with Crippen LogP contribution in [0.4, 0.5) is 5.69 Å². The Kier molecular flexibility index (Phi) is 6.75. The molecule has 1 aliphatic carbocycles. The van der Waals surface area contributed by atoms with Gasteiger partial charge in [-0.15, -0.1) is 0 Å². The first kappa shape index (κ1) is 24.4. The molecule has 1 heterocycles. The molecule has 0 unspecified atom stereocenters. The molecule has 0 bridgehead atoms. The van der Waals surface area contributed by atoms with E-state index in [4.69, 9.17) is 4.74 Å². The number of anilines is 1. The molecule has 5 rings (SSSR count). The van der Waals surface area contributed by atoms with Crippen LogP contribution in [0.5, 0.6) is 5.75 Å². The topological polar surface area (TPSA) is 75.7 Å². The summed E-state index contributed by atoms with van der Waals surface area (Å²) in [5.41, 5.74) is 5.20. The van der Waals surface area contributed by atoms with E-state index in [2.05, 4.69) is 23.5 Å². The van der Waals surface area contributed by atoms with Gasteiger partial charge in [-0.3, -0.25) is 9.10 Å². The number of ether oxygens (including phenoxy) is 1. The summed E-state index contributed by atoms with van der Waals surface area (Å²) in [5.74, 6) is 0.0720. The van der Waals surface area contributed by atoms with Gasteiger partial charge in [0.1, 0.15) is 5.75 Å². The van der Waals surface area contributed by atoms with Crippen LogP contribution in [0.1, 0.15) is 54.5 Å². The maximum Gasteiger partial charge on any atom is 0.264 e. The van der Waals surface area contributed by atoms with Crippen LogP contribution in [0, 0.1) is 6.92 Å². The van der Waals surface area contributed by atoms with Crippen LogP contribution >= 0.6 is 0 Å². The Hall–Kier alpha value is -3.32. The number of nitrogens with one attached hydrogen (secondary N) is 1. The second-order valence-electron chi connectivity index (χ2n) is 9.63. The zero-order valence-electron chi connectivity index (χ0n) is 20.7. The molecule has 0 saturated heterocycles. The fraction of sp³-hybridized carbons (Fsp3) is 0.345. The van der Waals surface area contributed by atoms with Gasteiger partial charge < -0.3 is 10.1 Å². The molecule has 1 amide bonds. The van der Waals surface area contributed by atoms with E-state index in [1.54, 1.807) is 42.5 Å². The number of hydrogen-bond acceptors (Lipinski definition) is 4. The molecule has 0 fully saturated rings. The van der Waals surface area contributed by atoms with Gasteiger partial charge in [0.2, 0.25) is 0 Å².